The van der Waals surface area contributed by atoms with Crippen molar-refractivity contribution < 1.29 is 13.5 Å². The minimum absolute atomic E-state index is 0.00904. The summed E-state index contributed by atoms with van der Waals surface area (Å²) in [6.45, 7) is 0.473. The fourth-order valence-corrected chi connectivity index (χ4v) is 2.73. The second-order valence-electron chi connectivity index (χ2n) is 5.20. The maximum absolute atomic E-state index is 13.7. The van der Waals surface area contributed by atoms with E-state index in [-0.39, 0.29) is 11.4 Å². The van der Waals surface area contributed by atoms with Gasteiger partial charge in [0.25, 0.3) is 0 Å². The summed E-state index contributed by atoms with van der Waals surface area (Å²) in [4.78, 5) is 7.29. The molecule has 0 saturated carbocycles. The van der Waals surface area contributed by atoms with E-state index in [1.807, 2.05) is 24.3 Å². The van der Waals surface area contributed by atoms with E-state index in [9.17, 15) is 8.78 Å². The van der Waals surface area contributed by atoms with Crippen molar-refractivity contribution in [3.8, 4) is 5.75 Å². The number of ether oxygens (including phenoxy) is 1. The fraction of sp³-hybridized carbons (Fsp3) is 0.188. The molecule has 106 valence electrons. The molecular weight excluding hydrogens is 274 g/mol. The highest BCUT2D eigenvalue weighted by Gasteiger charge is 2.24. The van der Waals surface area contributed by atoms with E-state index in [4.69, 9.17) is 4.74 Å². The van der Waals surface area contributed by atoms with Gasteiger partial charge < -0.3 is 9.72 Å². The van der Waals surface area contributed by atoms with E-state index >= 15 is 0 Å². The molecule has 0 amide bonds. The second-order valence-corrected chi connectivity index (χ2v) is 5.20. The summed E-state index contributed by atoms with van der Waals surface area (Å²) in [5.74, 6) is -0.279. The quantitative estimate of drug-likeness (QED) is 0.742. The molecule has 5 heteroatoms. The number of hydrogen-bond acceptors (Lipinski definition) is 2. The summed E-state index contributed by atoms with van der Waals surface area (Å²) >= 11 is 0. The second kappa shape index (κ2) is 4.55. The molecule has 3 aromatic rings. The molecule has 0 saturated heterocycles. The summed E-state index contributed by atoms with van der Waals surface area (Å²) in [5, 5.41) is 0. The number of rotatable bonds is 1. The average molecular weight is 286 g/mol. The number of nitrogens with one attached hydrogen (secondary N) is 1. The van der Waals surface area contributed by atoms with E-state index in [1.165, 1.54) is 6.07 Å². The maximum Gasteiger partial charge on any atom is 0.186 e. The van der Waals surface area contributed by atoms with Gasteiger partial charge in [-0.1, -0.05) is 18.2 Å². The minimum atomic E-state index is -0.910. The van der Waals surface area contributed by atoms with E-state index in [0.717, 1.165) is 23.8 Å². The van der Waals surface area contributed by atoms with Gasteiger partial charge in [-0.2, -0.15) is 0 Å². The Morgan fingerprint density at radius 3 is 2.90 bits per heavy atom. The van der Waals surface area contributed by atoms with Crippen LogP contribution in [0.4, 0.5) is 8.78 Å². The molecule has 1 N–H and O–H groups in total. The van der Waals surface area contributed by atoms with Gasteiger partial charge in [0.05, 0.1) is 18.0 Å². The van der Waals surface area contributed by atoms with E-state index in [2.05, 4.69) is 9.97 Å². The third-order valence-electron chi connectivity index (χ3n) is 3.83. The SMILES string of the molecule is Fc1ccc2[nH]c(C3COc4ccccc4C3)nc2c1F. The van der Waals surface area contributed by atoms with Crippen molar-refractivity contribution in [3.63, 3.8) is 0 Å². The molecule has 1 aliphatic rings. The van der Waals surface area contributed by atoms with E-state index in [1.54, 1.807) is 0 Å². The van der Waals surface area contributed by atoms with Crippen LogP contribution >= 0.6 is 0 Å². The predicted molar refractivity (Wildman–Crippen MR) is 74.4 cm³/mol. The van der Waals surface area contributed by atoms with Crippen molar-refractivity contribution in [2.24, 2.45) is 0 Å². The normalized spacial score (nSPS) is 17.5. The zero-order chi connectivity index (χ0) is 14.4. The standard InChI is InChI=1S/C16H12F2N2O/c17-11-5-6-12-15(14(11)18)20-16(19-12)10-7-9-3-1-2-4-13(9)21-8-10/h1-6,10H,7-8H2,(H,19,20). The molecule has 2 aromatic carbocycles. The van der Waals surface area contributed by atoms with Gasteiger partial charge in [0.1, 0.15) is 17.1 Å². The molecule has 21 heavy (non-hydrogen) atoms. The lowest BCUT2D eigenvalue weighted by molar-refractivity contribution is 0.258. The van der Waals surface area contributed by atoms with Crippen LogP contribution < -0.4 is 4.74 Å². The Labute approximate surface area is 119 Å². The molecule has 4 rings (SSSR count). The summed E-state index contributed by atoms with van der Waals surface area (Å²) in [6, 6.07) is 10.4. The monoisotopic (exact) mass is 286 g/mol. The van der Waals surface area contributed by atoms with Gasteiger partial charge >= 0.3 is 0 Å². The van der Waals surface area contributed by atoms with Crippen molar-refractivity contribution in [1.82, 2.24) is 9.97 Å². The lowest BCUT2D eigenvalue weighted by Gasteiger charge is -2.23. The number of H-pyrrole nitrogens is 1. The number of para-hydroxylation sites is 1. The molecule has 0 radical (unpaired) electrons. The van der Waals surface area contributed by atoms with Crippen LogP contribution in [0, 0.1) is 11.6 Å². The van der Waals surface area contributed by atoms with Crippen molar-refractivity contribution in [3.05, 3.63) is 59.4 Å². The molecule has 1 atom stereocenters. The number of fused-ring (bicyclic) bond motifs is 2. The highest BCUT2D eigenvalue weighted by atomic mass is 19.2. The maximum atomic E-state index is 13.7. The van der Waals surface area contributed by atoms with Crippen LogP contribution in [-0.2, 0) is 6.42 Å². The molecule has 0 aliphatic carbocycles. The van der Waals surface area contributed by atoms with Gasteiger partial charge in [-0.3, -0.25) is 0 Å². The molecule has 3 nitrogen and oxygen atoms in total. The zero-order valence-corrected chi connectivity index (χ0v) is 11.1. The van der Waals surface area contributed by atoms with E-state index in [0.29, 0.717) is 17.9 Å². The lowest BCUT2D eigenvalue weighted by Crippen LogP contribution is -2.20. The average Bonchev–Trinajstić information content (AvgIpc) is 2.95. The Kier molecular flexibility index (Phi) is 2.67. The molecule has 0 fully saturated rings. The fourth-order valence-electron chi connectivity index (χ4n) is 2.73. The number of hydrogen-bond donors (Lipinski definition) is 1. The smallest absolute Gasteiger partial charge is 0.186 e. The zero-order valence-electron chi connectivity index (χ0n) is 11.1. The van der Waals surface area contributed by atoms with Crippen LogP contribution in [0.2, 0.25) is 0 Å². The topological polar surface area (TPSA) is 37.9 Å². The summed E-state index contributed by atoms with van der Waals surface area (Å²) < 4.78 is 32.7. The number of aromatic amines is 1. The molecule has 0 spiro atoms. The molecule has 2 heterocycles. The number of nitrogens with zero attached hydrogens (tertiary/aromatic N) is 1. The Balaban J connectivity index is 1.73. The minimum Gasteiger partial charge on any atom is -0.493 e. The van der Waals surface area contributed by atoms with Gasteiger partial charge in [-0.25, -0.2) is 13.8 Å². The van der Waals surface area contributed by atoms with Crippen LogP contribution in [0.25, 0.3) is 11.0 Å². The lowest BCUT2D eigenvalue weighted by atomic mass is 9.96. The van der Waals surface area contributed by atoms with Gasteiger partial charge in [0.15, 0.2) is 11.6 Å². The first-order valence-electron chi connectivity index (χ1n) is 6.76. The van der Waals surface area contributed by atoms with Crippen molar-refractivity contribution in [1.29, 1.82) is 0 Å². The first-order valence-corrected chi connectivity index (χ1v) is 6.76. The first kappa shape index (κ1) is 12.3. The molecular formula is C16H12F2N2O. The predicted octanol–water partition coefficient (Wildman–Crippen LogP) is 3.56. The van der Waals surface area contributed by atoms with Crippen LogP contribution in [0.1, 0.15) is 17.3 Å². The van der Waals surface area contributed by atoms with Crippen molar-refractivity contribution >= 4 is 11.0 Å². The number of imidazole rings is 1. The summed E-state index contributed by atoms with van der Waals surface area (Å²) in [5.41, 5.74) is 1.65. The summed E-state index contributed by atoms with van der Waals surface area (Å²) in [7, 11) is 0. The third-order valence-corrected chi connectivity index (χ3v) is 3.83. The van der Waals surface area contributed by atoms with Gasteiger partial charge in [-0.05, 0) is 30.2 Å². The Morgan fingerprint density at radius 1 is 1.14 bits per heavy atom. The Morgan fingerprint density at radius 2 is 2.00 bits per heavy atom. The van der Waals surface area contributed by atoms with Gasteiger partial charge in [0, 0.05) is 0 Å². The molecule has 1 aliphatic heterocycles. The number of aromatic nitrogens is 2. The van der Waals surface area contributed by atoms with Gasteiger partial charge in [-0.15, -0.1) is 0 Å². The van der Waals surface area contributed by atoms with Crippen molar-refractivity contribution in [2.75, 3.05) is 6.61 Å². The largest absolute Gasteiger partial charge is 0.493 e. The van der Waals surface area contributed by atoms with E-state index < -0.39 is 11.6 Å². The Bertz CT molecular complexity index is 828. The first-order chi connectivity index (χ1) is 10.2. The molecule has 1 unspecified atom stereocenters. The van der Waals surface area contributed by atoms with Crippen LogP contribution in [-0.4, -0.2) is 16.6 Å². The Hall–Kier alpha value is -2.43. The highest BCUT2D eigenvalue weighted by Crippen LogP contribution is 2.32. The highest BCUT2D eigenvalue weighted by molar-refractivity contribution is 5.76. The number of halogens is 2. The third kappa shape index (κ3) is 1.96. The summed E-state index contributed by atoms with van der Waals surface area (Å²) in [6.07, 6.45) is 0.764. The molecule has 0 bridgehead atoms. The van der Waals surface area contributed by atoms with Crippen LogP contribution in [0.5, 0.6) is 5.75 Å². The molecule has 1 aromatic heterocycles. The van der Waals surface area contributed by atoms with Crippen LogP contribution in [0.3, 0.4) is 0 Å². The van der Waals surface area contributed by atoms with Gasteiger partial charge in [0.2, 0.25) is 0 Å². The number of benzene rings is 2. The van der Waals surface area contributed by atoms with Crippen LogP contribution in [0.15, 0.2) is 36.4 Å². The van der Waals surface area contributed by atoms with Crippen molar-refractivity contribution in [2.45, 2.75) is 12.3 Å².